The van der Waals surface area contributed by atoms with Gasteiger partial charge in [0.2, 0.25) is 0 Å². The van der Waals surface area contributed by atoms with Gasteiger partial charge < -0.3 is 0 Å². The van der Waals surface area contributed by atoms with Crippen molar-refractivity contribution in [3.05, 3.63) is 41.5 Å². The minimum atomic E-state index is -0.647. The van der Waals surface area contributed by atoms with E-state index in [0.29, 0.717) is 3.83 Å². The zero-order valence-corrected chi connectivity index (χ0v) is 11.5. The van der Waals surface area contributed by atoms with Crippen LogP contribution in [0.1, 0.15) is 36.7 Å². The van der Waals surface area contributed by atoms with Crippen molar-refractivity contribution in [2.75, 3.05) is 0 Å². The van der Waals surface area contributed by atoms with Gasteiger partial charge in [-0.15, -0.1) is 0 Å². The number of rotatable bonds is 0. The monoisotopic (exact) mass is 316 g/mol. The average molecular weight is 314 g/mol. The molecule has 0 atom stereocenters. The molecule has 0 unspecified atom stereocenters. The SMILES string of the molecule is CC(C)(C)/C=C1\[Te]C(=O)c2ccccc21. The molecule has 1 aliphatic heterocycles. The Labute approximate surface area is 101 Å². The predicted molar refractivity (Wildman–Crippen MR) is 64.0 cm³/mol. The van der Waals surface area contributed by atoms with Crippen molar-refractivity contribution in [3.63, 3.8) is 0 Å². The summed E-state index contributed by atoms with van der Waals surface area (Å²) < 4.78 is 1.69. The quantitative estimate of drug-likeness (QED) is 0.673. The van der Waals surface area contributed by atoms with Crippen molar-refractivity contribution in [1.82, 2.24) is 0 Å². The maximum absolute atomic E-state index is 11.8. The number of allylic oxidation sites excluding steroid dienone is 1. The van der Waals surface area contributed by atoms with E-state index in [4.69, 9.17) is 0 Å². The number of hydrogen-bond donors (Lipinski definition) is 0. The van der Waals surface area contributed by atoms with Crippen LogP contribution in [0.4, 0.5) is 0 Å². The zero-order valence-electron chi connectivity index (χ0n) is 9.20. The van der Waals surface area contributed by atoms with Crippen LogP contribution in [0.25, 0.3) is 3.62 Å². The summed E-state index contributed by atoms with van der Waals surface area (Å²) >= 11 is -0.647. The third kappa shape index (κ3) is 2.33. The van der Waals surface area contributed by atoms with Crippen molar-refractivity contribution in [2.45, 2.75) is 20.8 Å². The second kappa shape index (κ2) is 3.77. The molecule has 0 radical (unpaired) electrons. The molecule has 0 aromatic heterocycles. The standard InChI is InChI=1S/C13H14OTe/c1-13(2,3)8-11-9-6-4-5-7-10(9)12(14)15-11/h4-8H,1-3H3/b11-8-. The molecule has 0 amide bonds. The van der Waals surface area contributed by atoms with Gasteiger partial charge in [0.15, 0.2) is 0 Å². The molecule has 0 fully saturated rings. The molecule has 15 heavy (non-hydrogen) atoms. The van der Waals surface area contributed by atoms with E-state index in [1.54, 1.807) is 0 Å². The van der Waals surface area contributed by atoms with Gasteiger partial charge in [-0.05, 0) is 0 Å². The van der Waals surface area contributed by atoms with Gasteiger partial charge in [0, 0.05) is 0 Å². The van der Waals surface area contributed by atoms with E-state index < -0.39 is 20.9 Å². The van der Waals surface area contributed by atoms with E-state index in [1.807, 2.05) is 18.2 Å². The second-order valence-corrected chi connectivity index (χ2v) is 7.71. The summed E-state index contributed by atoms with van der Waals surface area (Å²) in [5.41, 5.74) is 2.29. The molecule has 0 aliphatic carbocycles. The second-order valence-electron chi connectivity index (χ2n) is 4.81. The Hall–Kier alpha value is -0.580. The summed E-state index contributed by atoms with van der Waals surface area (Å²) in [6.45, 7) is 6.54. The summed E-state index contributed by atoms with van der Waals surface area (Å²) in [6, 6.07) is 7.99. The van der Waals surface area contributed by atoms with Gasteiger partial charge >= 0.3 is 101 Å². The predicted octanol–water partition coefficient (Wildman–Crippen LogP) is 2.93. The molecular weight excluding hydrogens is 300 g/mol. The van der Waals surface area contributed by atoms with Crippen LogP contribution in [0.5, 0.6) is 0 Å². The summed E-state index contributed by atoms with van der Waals surface area (Å²) in [7, 11) is 0. The number of benzene rings is 1. The maximum atomic E-state index is 11.8. The van der Waals surface area contributed by atoms with Crippen molar-refractivity contribution >= 4 is 28.4 Å². The van der Waals surface area contributed by atoms with Crippen LogP contribution in [0.15, 0.2) is 30.3 Å². The molecule has 2 rings (SSSR count). The van der Waals surface area contributed by atoms with Crippen LogP contribution in [0, 0.1) is 5.41 Å². The fourth-order valence-electron chi connectivity index (χ4n) is 1.59. The number of carbonyl (C=O) groups is 1. The molecule has 1 heterocycles. The van der Waals surface area contributed by atoms with E-state index in [-0.39, 0.29) is 5.41 Å². The third-order valence-electron chi connectivity index (χ3n) is 2.18. The summed E-state index contributed by atoms with van der Waals surface area (Å²) in [6.07, 6.45) is 2.26. The molecule has 0 N–H and O–H groups in total. The Kier molecular flexibility index (Phi) is 2.75. The van der Waals surface area contributed by atoms with Gasteiger partial charge in [-0.25, -0.2) is 0 Å². The molecular formula is C13H14OTe. The molecule has 1 aromatic carbocycles. The molecule has 1 nitrogen and oxygen atoms in total. The van der Waals surface area contributed by atoms with Gasteiger partial charge in [0.05, 0.1) is 0 Å². The number of hydrogen-bond acceptors (Lipinski definition) is 1. The van der Waals surface area contributed by atoms with Gasteiger partial charge in [-0.3, -0.25) is 0 Å². The van der Waals surface area contributed by atoms with E-state index >= 15 is 0 Å². The number of fused-ring (bicyclic) bond motifs is 1. The zero-order chi connectivity index (χ0) is 11.1. The molecule has 0 saturated carbocycles. The van der Waals surface area contributed by atoms with Gasteiger partial charge in [-0.1, -0.05) is 0 Å². The first kappa shape index (κ1) is 10.9. The van der Waals surface area contributed by atoms with Crippen molar-refractivity contribution in [2.24, 2.45) is 5.41 Å². The van der Waals surface area contributed by atoms with Crippen LogP contribution in [0.2, 0.25) is 0 Å². The Morgan fingerprint density at radius 1 is 1.13 bits per heavy atom. The van der Waals surface area contributed by atoms with E-state index in [0.717, 1.165) is 5.56 Å². The van der Waals surface area contributed by atoms with E-state index in [9.17, 15) is 4.79 Å². The molecule has 0 spiro atoms. The topological polar surface area (TPSA) is 17.1 Å². The van der Waals surface area contributed by atoms with Gasteiger partial charge in [-0.2, -0.15) is 0 Å². The van der Waals surface area contributed by atoms with E-state index in [2.05, 4.69) is 32.9 Å². The van der Waals surface area contributed by atoms with Crippen molar-refractivity contribution < 1.29 is 4.79 Å². The van der Waals surface area contributed by atoms with Crippen LogP contribution >= 0.6 is 0 Å². The summed E-state index contributed by atoms with van der Waals surface area (Å²) in [5.74, 6) is 0. The summed E-state index contributed by atoms with van der Waals surface area (Å²) in [4.78, 5) is 11.8. The van der Waals surface area contributed by atoms with Crippen LogP contribution in [0.3, 0.4) is 0 Å². The Morgan fingerprint density at radius 3 is 2.33 bits per heavy atom. The summed E-state index contributed by atoms with van der Waals surface area (Å²) in [5, 5.41) is 0. The van der Waals surface area contributed by atoms with Crippen LogP contribution in [-0.2, 0) is 0 Å². The Bertz CT molecular complexity index is 438. The Morgan fingerprint density at radius 2 is 1.73 bits per heavy atom. The van der Waals surface area contributed by atoms with Gasteiger partial charge in [0.1, 0.15) is 0 Å². The van der Waals surface area contributed by atoms with Crippen LogP contribution in [-0.4, -0.2) is 24.8 Å². The van der Waals surface area contributed by atoms with Crippen LogP contribution < -0.4 is 0 Å². The molecule has 1 aromatic rings. The first-order chi connectivity index (χ1) is 6.97. The molecule has 1 aliphatic rings. The first-order valence-corrected chi connectivity index (χ1v) is 7.35. The van der Waals surface area contributed by atoms with Crippen molar-refractivity contribution in [1.29, 1.82) is 0 Å². The fraction of sp³-hybridized carbons (Fsp3) is 0.308. The first-order valence-electron chi connectivity index (χ1n) is 5.02. The Balaban J connectivity index is 2.50. The van der Waals surface area contributed by atoms with Gasteiger partial charge in [0.25, 0.3) is 0 Å². The normalized spacial score (nSPS) is 18.3. The molecule has 0 saturated heterocycles. The van der Waals surface area contributed by atoms with E-state index in [1.165, 1.54) is 9.18 Å². The number of carbonyl (C=O) groups excluding carboxylic acids is 1. The molecule has 0 bridgehead atoms. The molecule has 78 valence electrons. The minimum absolute atomic E-state index is 0.165. The molecule has 2 heteroatoms. The fourth-order valence-corrected chi connectivity index (χ4v) is 4.98. The average Bonchev–Trinajstić information content (AvgIpc) is 2.42. The third-order valence-corrected chi connectivity index (χ3v) is 4.93. The van der Waals surface area contributed by atoms with Crippen molar-refractivity contribution in [3.8, 4) is 0 Å².